The number of aryl methyl sites for hydroxylation is 2. The predicted molar refractivity (Wildman–Crippen MR) is 147 cm³/mol. The number of ether oxygens (including phenoxy) is 2. The summed E-state index contributed by atoms with van der Waals surface area (Å²) in [5.41, 5.74) is 4.02. The van der Waals surface area contributed by atoms with Crippen LogP contribution in [0.15, 0.2) is 54.9 Å². The fourth-order valence-electron chi connectivity index (χ4n) is 3.95. The first-order valence-electron chi connectivity index (χ1n) is 12.4. The molecule has 0 unspecified atom stereocenters. The van der Waals surface area contributed by atoms with Crippen LogP contribution in [0.5, 0.6) is 11.5 Å². The van der Waals surface area contributed by atoms with E-state index in [-0.39, 0.29) is 5.75 Å². The topological polar surface area (TPSA) is 91.3 Å². The van der Waals surface area contributed by atoms with E-state index in [9.17, 15) is 9.59 Å². The van der Waals surface area contributed by atoms with Gasteiger partial charge in [-0.1, -0.05) is 38.0 Å². The lowest BCUT2D eigenvalue weighted by molar-refractivity contribution is -0.121. The average Bonchev–Trinajstić information content (AvgIpc) is 3.29. The zero-order valence-electron chi connectivity index (χ0n) is 21.3. The van der Waals surface area contributed by atoms with Gasteiger partial charge >= 0.3 is 0 Å². The molecule has 4 aromatic rings. The minimum atomic E-state index is 0.281. The second kappa shape index (κ2) is 13.3. The van der Waals surface area contributed by atoms with Crippen molar-refractivity contribution in [2.45, 2.75) is 46.0 Å². The normalized spacial score (nSPS) is 10.4. The van der Waals surface area contributed by atoms with Gasteiger partial charge in [0.05, 0.1) is 27.7 Å². The SMILES string of the molecule is CCCCCCc1cc(C)sc1C#Cc1ccnc(-c2cc(OC=O)cc(-c3cc(OC=O)ccn3)n2)c1. The molecule has 7 nitrogen and oxygen atoms in total. The van der Waals surface area contributed by atoms with Crippen LogP contribution < -0.4 is 9.47 Å². The fourth-order valence-corrected chi connectivity index (χ4v) is 4.87. The average molecular weight is 526 g/mol. The highest BCUT2D eigenvalue weighted by molar-refractivity contribution is 7.12. The van der Waals surface area contributed by atoms with Crippen LogP contribution in [0.2, 0.25) is 0 Å². The van der Waals surface area contributed by atoms with Crippen molar-refractivity contribution in [2.75, 3.05) is 0 Å². The number of thiophene rings is 1. The third-order valence-electron chi connectivity index (χ3n) is 5.74. The Bertz CT molecular complexity index is 1490. The van der Waals surface area contributed by atoms with Crippen LogP contribution in [0.3, 0.4) is 0 Å². The van der Waals surface area contributed by atoms with Gasteiger partial charge in [0.1, 0.15) is 11.5 Å². The molecule has 0 aliphatic rings. The van der Waals surface area contributed by atoms with Crippen molar-refractivity contribution in [3.8, 4) is 46.1 Å². The lowest BCUT2D eigenvalue weighted by atomic mass is 10.1. The second-order valence-corrected chi connectivity index (χ2v) is 9.84. The number of carbonyl (C=O) groups excluding carboxylic acids is 2. The Labute approximate surface area is 225 Å². The summed E-state index contributed by atoms with van der Waals surface area (Å²) in [5.74, 6) is 7.23. The fraction of sp³-hybridized carbons (Fsp3) is 0.233. The molecule has 38 heavy (non-hydrogen) atoms. The third-order valence-corrected chi connectivity index (χ3v) is 6.74. The van der Waals surface area contributed by atoms with Crippen molar-refractivity contribution >= 4 is 24.3 Å². The van der Waals surface area contributed by atoms with Crippen molar-refractivity contribution in [1.29, 1.82) is 0 Å². The van der Waals surface area contributed by atoms with Gasteiger partial charge < -0.3 is 9.47 Å². The molecule has 0 fully saturated rings. The molecule has 0 bridgehead atoms. The molecule has 0 atom stereocenters. The minimum absolute atomic E-state index is 0.281. The lowest BCUT2D eigenvalue weighted by Gasteiger charge is -2.08. The molecule has 0 aliphatic carbocycles. The summed E-state index contributed by atoms with van der Waals surface area (Å²) in [6.07, 6.45) is 9.10. The van der Waals surface area contributed by atoms with Crippen LogP contribution in [-0.2, 0) is 16.0 Å². The van der Waals surface area contributed by atoms with E-state index in [1.165, 1.54) is 42.3 Å². The first-order chi connectivity index (χ1) is 18.6. The number of carbonyl (C=O) groups is 2. The zero-order valence-corrected chi connectivity index (χ0v) is 22.1. The summed E-state index contributed by atoms with van der Waals surface area (Å²) in [5, 5.41) is 0. The lowest BCUT2D eigenvalue weighted by Crippen LogP contribution is -1.97. The number of hydrogen-bond acceptors (Lipinski definition) is 8. The quantitative estimate of drug-likeness (QED) is 0.131. The summed E-state index contributed by atoms with van der Waals surface area (Å²) in [7, 11) is 0. The van der Waals surface area contributed by atoms with Crippen molar-refractivity contribution < 1.29 is 19.1 Å². The molecule has 0 aromatic carbocycles. The first-order valence-corrected chi connectivity index (χ1v) is 13.2. The molecule has 0 saturated carbocycles. The molecule has 0 N–H and O–H groups in total. The Hall–Kier alpha value is -4.35. The number of unbranched alkanes of at least 4 members (excludes halogenated alkanes) is 3. The van der Waals surface area contributed by atoms with E-state index < -0.39 is 0 Å². The Morgan fingerprint density at radius 3 is 2.24 bits per heavy atom. The maximum absolute atomic E-state index is 11.1. The molecule has 0 amide bonds. The molecule has 4 rings (SSSR count). The van der Waals surface area contributed by atoms with E-state index in [1.807, 2.05) is 12.1 Å². The number of nitrogens with zero attached hydrogens (tertiary/aromatic N) is 3. The summed E-state index contributed by atoms with van der Waals surface area (Å²) < 4.78 is 10.0. The van der Waals surface area contributed by atoms with E-state index in [0.29, 0.717) is 41.5 Å². The molecule has 0 saturated heterocycles. The second-order valence-electron chi connectivity index (χ2n) is 8.58. The van der Waals surface area contributed by atoms with Gasteiger partial charge in [-0.25, -0.2) is 4.98 Å². The van der Waals surface area contributed by atoms with Crippen LogP contribution in [0.1, 0.15) is 53.5 Å². The van der Waals surface area contributed by atoms with E-state index in [1.54, 1.807) is 41.8 Å². The van der Waals surface area contributed by atoms with Crippen LogP contribution in [0, 0.1) is 18.8 Å². The molecular weight excluding hydrogens is 498 g/mol. The smallest absolute Gasteiger partial charge is 0.298 e. The van der Waals surface area contributed by atoms with Gasteiger partial charge in [-0.2, -0.15) is 0 Å². The molecule has 0 aliphatic heterocycles. The summed E-state index contributed by atoms with van der Waals surface area (Å²) in [6.45, 7) is 5.02. The van der Waals surface area contributed by atoms with Crippen LogP contribution in [0.4, 0.5) is 0 Å². The van der Waals surface area contributed by atoms with E-state index in [2.05, 4.69) is 46.7 Å². The highest BCUT2D eigenvalue weighted by Gasteiger charge is 2.12. The summed E-state index contributed by atoms with van der Waals surface area (Å²) in [6, 6.07) is 12.3. The van der Waals surface area contributed by atoms with Crippen molar-refractivity contribution in [3.05, 3.63) is 75.7 Å². The van der Waals surface area contributed by atoms with E-state index in [4.69, 9.17) is 9.47 Å². The van der Waals surface area contributed by atoms with Crippen molar-refractivity contribution in [1.82, 2.24) is 15.0 Å². The van der Waals surface area contributed by atoms with Crippen LogP contribution in [0.25, 0.3) is 22.8 Å². The highest BCUT2D eigenvalue weighted by atomic mass is 32.1. The molecule has 4 aromatic heterocycles. The Morgan fingerprint density at radius 1 is 0.816 bits per heavy atom. The molecule has 192 valence electrons. The molecule has 0 spiro atoms. The van der Waals surface area contributed by atoms with Gasteiger partial charge in [-0.05, 0) is 49.6 Å². The van der Waals surface area contributed by atoms with E-state index in [0.717, 1.165) is 16.9 Å². The van der Waals surface area contributed by atoms with Crippen molar-refractivity contribution in [3.63, 3.8) is 0 Å². The first kappa shape index (κ1) is 26.7. The summed E-state index contributed by atoms with van der Waals surface area (Å²) in [4.78, 5) is 37.6. The standard InChI is InChI=1S/C30H27N3O4S/c1-3-4-5-6-7-23-14-21(2)38-30(23)9-8-22-10-12-31-26(15-22)28-17-25(37-20-35)18-29(33-28)27-16-24(36-19-34)11-13-32-27/h10-20H,3-7H2,1-2H3. The number of aromatic nitrogens is 3. The number of pyridine rings is 3. The number of rotatable bonds is 11. The zero-order chi connectivity index (χ0) is 26.7. The minimum Gasteiger partial charge on any atom is -0.429 e. The van der Waals surface area contributed by atoms with Gasteiger partial charge in [-0.15, -0.1) is 11.3 Å². The monoisotopic (exact) mass is 525 g/mol. The van der Waals surface area contributed by atoms with E-state index >= 15 is 0 Å². The Balaban J connectivity index is 1.64. The van der Waals surface area contributed by atoms with Gasteiger partial charge in [0, 0.05) is 41.0 Å². The summed E-state index contributed by atoms with van der Waals surface area (Å²) >= 11 is 1.72. The largest absolute Gasteiger partial charge is 0.429 e. The van der Waals surface area contributed by atoms with Gasteiger partial charge in [0.15, 0.2) is 0 Å². The van der Waals surface area contributed by atoms with Gasteiger partial charge in [0.2, 0.25) is 0 Å². The third kappa shape index (κ3) is 7.11. The maximum Gasteiger partial charge on any atom is 0.298 e. The molecular formula is C30H27N3O4S. The van der Waals surface area contributed by atoms with Crippen molar-refractivity contribution in [2.24, 2.45) is 0 Å². The Kier molecular flexibility index (Phi) is 9.32. The highest BCUT2D eigenvalue weighted by Crippen LogP contribution is 2.28. The molecule has 0 radical (unpaired) electrons. The predicted octanol–water partition coefficient (Wildman–Crippen LogP) is 6.17. The molecule has 8 heteroatoms. The Morgan fingerprint density at radius 2 is 1.50 bits per heavy atom. The van der Waals surface area contributed by atoms with Crippen LogP contribution in [-0.4, -0.2) is 27.9 Å². The van der Waals surface area contributed by atoms with Gasteiger partial charge in [-0.3, -0.25) is 19.6 Å². The van der Waals surface area contributed by atoms with Gasteiger partial charge in [0.25, 0.3) is 12.9 Å². The van der Waals surface area contributed by atoms with Crippen LogP contribution >= 0.6 is 11.3 Å². The maximum atomic E-state index is 11.1. The molecule has 4 heterocycles. The number of hydrogen-bond donors (Lipinski definition) is 0.